The van der Waals surface area contributed by atoms with Gasteiger partial charge in [-0.3, -0.25) is 14.3 Å². The Balaban J connectivity index is 2.68. The van der Waals surface area contributed by atoms with Crippen LogP contribution in [-0.4, -0.2) is 25.2 Å². The summed E-state index contributed by atoms with van der Waals surface area (Å²) in [6.45, 7) is 1.36. The molecule has 9 heteroatoms. The first kappa shape index (κ1) is 21.5. The Morgan fingerprint density at radius 3 is 2.15 bits per heavy atom. The number of aliphatic hydroxyl groups excluding tert-OH is 1. The monoisotopic (exact) mass is 429 g/mol. The number of amides is 1. The number of anilines is 2. The SMILES string of the molecule is COP(=O)(OC)C(O)=Cc1ccccc1N(C(C)=O)c1c(Cl)cccc1Cl. The Labute approximate surface area is 167 Å². The number of halogens is 2. The predicted molar refractivity (Wildman–Crippen MR) is 108 cm³/mol. The standard InChI is InChI=1S/C18H18Cl2NO5P/c1-12(22)21(18-14(19)8-6-9-15(18)20)16-10-5-4-7-13(16)11-17(23)27(24,25-2)26-3/h4-11,23H,1-3H3. The Morgan fingerprint density at radius 2 is 1.63 bits per heavy atom. The lowest BCUT2D eigenvalue weighted by molar-refractivity contribution is -0.115. The average Bonchev–Trinajstić information content (AvgIpc) is 2.64. The van der Waals surface area contributed by atoms with Crippen LogP contribution >= 0.6 is 30.8 Å². The van der Waals surface area contributed by atoms with Crippen LogP contribution in [0, 0.1) is 0 Å². The molecule has 0 saturated heterocycles. The lowest BCUT2D eigenvalue weighted by Crippen LogP contribution is -2.24. The number of nitrogens with zero attached hydrogens (tertiary/aromatic N) is 1. The summed E-state index contributed by atoms with van der Waals surface area (Å²) in [6.07, 6.45) is 1.21. The summed E-state index contributed by atoms with van der Waals surface area (Å²) >= 11 is 12.5. The molecule has 0 heterocycles. The molecule has 0 unspecified atom stereocenters. The lowest BCUT2D eigenvalue weighted by atomic mass is 10.1. The molecule has 2 rings (SSSR count). The first-order chi connectivity index (χ1) is 12.7. The molecule has 0 aliphatic rings. The fraction of sp³-hybridized carbons (Fsp3) is 0.167. The van der Waals surface area contributed by atoms with Crippen LogP contribution in [-0.2, 0) is 18.4 Å². The van der Waals surface area contributed by atoms with E-state index in [0.717, 1.165) is 14.2 Å². The van der Waals surface area contributed by atoms with Gasteiger partial charge in [-0.15, -0.1) is 0 Å². The zero-order valence-corrected chi connectivity index (χ0v) is 17.3. The van der Waals surface area contributed by atoms with Gasteiger partial charge in [0.25, 0.3) is 0 Å². The predicted octanol–water partition coefficient (Wildman–Crippen LogP) is 6.02. The third kappa shape index (κ3) is 4.54. The van der Waals surface area contributed by atoms with E-state index in [-0.39, 0.29) is 16.0 Å². The first-order valence-corrected chi connectivity index (χ1v) is 10.0. The molecule has 0 aromatic heterocycles. The highest BCUT2D eigenvalue weighted by Gasteiger charge is 2.28. The summed E-state index contributed by atoms with van der Waals surface area (Å²) in [7, 11) is -1.52. The molecule has 6 nitrogen and oxygen atoms in total. The maximum atomic E-state index is 12.4. The van der Waals surface area contributed by atoms with Gasteiger partial charge in [0.1, 0.15) is 0 Å². The van der Waals surface area contributed by atoms with Crippen molar-refractivity contribution in [3.05, 3.63) is 63.6 Å². The van der Waals surface area contributed by atoms with E-state index in [4.69, 9.17) is 32.2 Å². The van der Waals surface area contributed by atoms with Crippen LogP contribution in [0.1, 0.15) is 12.5 Å². The van der Waals surface area contributed by atoms with Crippen molar-refractivity contribution < 1.29 is 23.5 Å². The maximum Gasteiger partial charge on any atom is 0.394 e. The summed E-state index contributed by atoms with van der Waals surface area (Å²) in [5, 5.41) is 10.8. The van der Waals surface area contributed by atoms with E-state index in [9.17, 15) is 14.5 Å². The number of benzene rings is 2. The molecule has 0 spiro atoms. The van der Waals surface area contributed by atoms with Crippen molar-refractivity contribution in [3.63, 3.8) is 0 Å². The third-order valence-corrected chi connectivity index (χ3v) is 5.96. The molecule has 144 valence electrons. The van der Waals surface area contributed by atoms with Gasteiger partial charge >= 0.3 is 7.60 Å². The number of rotatable bonds is 6. The van der Waals surface area contributed by atoms with Gasteiger partial charge in [0.15, 0.2) is 0 Å². The number of para-hydroxylation sites is 2. The van der Waals surface area contributed by atoms with Gasteiger partial charge in [-0.05, 0) is 24.3 Å². The second-order valence-corrected chi connectivity index (χ2v) is 8.35. The molecule has 2 aromatic carbocycles. The van der Waals surface area contributed by atoms with Crippen LogP contribution < -0.4 is 4.90 Å². The molecule has 0 fully saturated rings. The van der Waals surface area contributed by atoms with Crippen LogP contribution in [0.25, 0.3) is 6.08 Å². The minimum absolute atomic E-state index is 0.278. The van der Waals surface area contributed by atoms with E-state index in [0.29, 0.717) is 16.9 Å². The van der Waals surface area contributed by atoms with Crippen LogP contribution in [0.15, 0.2) is 48.0 Å². The molecule has 0 bridgehead atoms. The van der Waals surface area contributed by atoms with Gasteiger partial charge in [0.05, 0.1) is 21.4 Å². The second-order valence-electron chi connectivity index (χ2n) is 5.35. The second kappa shape index (κ2) is 8.91. The van der Waals surface area contributed by atoms with Gasteiger partial charge in [0, 0.05) is 26.7 Å². The molecule has 0 atom stereocenters. The number of aliphatic hydroxyl groups is 1. The zero-order valence-electron chi connectivity index (χ0n) is 14.8. The molecule has 0 saturated carbocycles. The Morgan fingerprint density at radius 1 is 1.07 bits per heavy atom. The fourth-order valence-corrected chi connectivity index (χ4v) is 3.83. The Kier molecular flexibility index (Phi) is 7.09. The normalized spacial score (nSPS) is 12.1. The summed E-state index contributed by atoms with van der Waals surface area (Å²) in [5.74, 6) is -0.355. The number of hydrogen-bond donors (Lipinski definition) is 1. The Bertz CT molecular complexity index is 903. The van der Waals surface area contributed by atoms with Gasteiger partial charge in [-0.1, -0.05) is 47.5 Å². The first-order valence-electron chi connectivity index (χ1n) is 7.71. The molecule has 1 N–H and O–H groups in total. The van der Waals surface area contributed by atoms with E-state index < -0.39 is 13.1 Å². The van der Waals surface area contributed by atoms with Gasteiger partial charge < -0.3 is 14.2 Å². The average molecular weight is 430 g/mol. The largest absolute Gasteiger partial charge is 0.501 e. The molecule has 0 radical (unpaired) electrons. The molecular formula is C18H18Cl2NO5P. The molecular weight excluding hydrogens is 412 g/mol. The van der Waals surface area contributed by atoms with Crippen LogP contribution in [0.3, 0.4) is 0 Å². The van der Waals surface area contributed by atoms with Crippen molar-refractivity contribution in [3.8, 4) is 0 Å². The Hall–Kier alpha value is -1.82. The molecule has 0 aliphatic heterocycles. The van der Waals surface area contributed by atoms with Crippen LogP contribution in [0.4, 0.5) is 11.4 Å². The zero-order chi connectivity index (χ0) is 20.2. The smallest absolute Gasteiger partial charge is 0.394 e. The van der Waals surface area contributed by atoms with Gasteiger partial charge in [-0.25, -0.2) is 0 Å². The summed E-state index contributed by atoms with van der Waals surface area (Å²) in [4.78, 5) is 13.7. The molecule has 1 amide bonds. The maximum absolute atomic E-state index is 12.4. The quantitative estimate of drug-likeness (QED) is 0.448. The third-order valence-electron chi connectivity index (χ3n) is 3.70. The van der Waals surface area contributed by atoms with Crippen LogP contribution in [0.5, 0.6) is 0 Å². The van der Waals surface area contributed by atoms with E-state index in [1.807, 2.05) is 0 Å². The molecule has 0 aliphatic carbocycles. The summed E-state index contributed by atoms with van der Waals surface area (Å²) < 4.78 is 21.9. The van der Waals surface area contributed by atoms with Crippen molar-refractivity contribution >= 4 is 54.2 Å². The summed E-state index contributed by atoms with van der Waals surface area (Å²) in [6, 6.07) is 11.6. The van der Waals surface area contributed by atoms with E-state index in [1.54, 1.807) is 42.5 Å². The minimum Gasteiger partial charge on any atom is -0.501 e. The highest BCUT2D eigenvalue weighted by atomic mass is 35.5. The van der Waals surface area contributed by atoms with E-state index in [1.165, 1.54) is 17.9 Å². The van der Waals surface area contributed by atoms with Crippen molar-refractivity contribution in [2.24, 2.45) is 0 Å². The topological polar surface area (TPSA) is 76.1 Å². The number of carbonyl (C=O) groups excluding carboxylic acids is 1. The van der Waals surface area contributed by atoms with Crippen LogP contribution in [0.2, 0.25) is 10.0 Å². The van der Waals surface area contributed by atoms with E-state index >= 15 is 0 Å². The minimum atomic E-state index is -3.84. The van der Waals surface area contributed by atoms with E-state index in [2.05, 4.69) is 0 Å². The number of hydrogen-bond acceptors (Lipinski definition) is 5. The lowest BCUT2D eigenvalue weighted by Gasteiger charge is -2.25. The van der Waals surface area contributed by atoms with Crippen molar-refractivity contribution in [2.75, 3.05) is 19.1 Å². The highest BCUT2D eigenvalue weighted by molar-refractivity contribution is 7.58. The van der Waals surface area contributed by atoms with Gasteiger partial charge in [0.2, 0.25) is 11.4 Å². The molecule has 2 aromatic rings. The summed E-state index contributed by atoms with van der Waals surface area (Å²) in [5.41, 5.74) is 0.463. The van der Waals surface area contributed by atoms with Crippen molar-refractivity contribution in [1.82, 2.24) is 0 Å². The molecule has 27 heavy (non-hydrogen) atoms. The number of carbonyl (C=O) groups is 1. The van der Waals surface area contributed by atoms with Crippen molar-refractivity contribution in [1.29, 1.82) is 0 Å². The van der Waals surface area contributed by atoms with Crippen molar-refractivity contribution in [2.45, 2.75) is 6.92 Å². The van der Waals surface area contributed by atoms with Gasteiger partial charge in [-0.2, -0.15) is 0 Å². The highest BCUT2D eigenvalue weighted by Crippen LogP contribution is 2.54. The fourth-order valence-electron chi connectivity index (χ4n) is 2.44.